The number of carbonyl (C=O) groups excluding carboxylic acids is 2. The van der Waals surface area contributed by atoms with Crippen LogP contribution in [-0.4, -0.2) is 31.3 Å². The first-order valence-electron chi connectivity index (χ1n) is 6.27. The van der Waals surface area contributed by atoms with Crippen LogP contribution in [0.15, 0.2) is 21.1 Å². The molecule has 0 aliphatic carbocycles. The first-order chi connectivity index (χ1) is 11.4. The van der Waals surface area contributed by atoms with Gasteiger partial charge in [0.2, 0.25) is 0 Å². The van der Waals surface area contributed by atoms with Gasteiger partial charge in [-0.25, -0.2) is 9.59 Å². The van der Waals surface area contributed by atoms with Gasteiger partial charge in [-0.3, -0.25) is 0 Å². The molecule has 0 aliphatic rings. The minimum atomic E-state index is -0.383. The third-order valence-corrected chi connectivity index (χ3v) is 7.47. The summed E-state index contributed by atoms with van der Waals surface area (Å²) in [4.78, 5) is 25.1. The topological polar surface area (TPSA) is 72.8 Å². The summed E-state index contributed by atoms with van der Waals surface area (Å²) in [6.45, 7) is -0.0553. The van der Waals surface area contributed by atoms with E-state index < -0.39 is 0 Å². The molecule has 2 aromatic heterocycles. The first-order valence-corrected chi connectivity index (χ1v) is 10.6. The van der Waals surface area contributed by atoms with Crippen molar-refractivity contribution in [2.75, 3.05) is 14.2 Å². The Balaban J connectivity index is 0.000000240. The molecule has 0 unspecified atom stereocenters. The number of methoxy groups -OCH3 is 2. The van der Waals surface area contributed by atoms with Crippen LogP contribution in [0.3, 0.4) is 0 Å². The molecule has 24 heavy (non-hydrogen) atoms. The Hall–Kier alpha value is -0.260. The molecule has 2 aromatic rings. The molecule has 0 atom stereocenters. The highest BCUT2D eigenvalue weighted by molar-refractivity contribution is 9.11. The number of aliphatic hydroxyl groups is 1. The standard InChI is InChI=1S/C7H6Br2O2S.C7H7BrO3S/c1-11-7(10)6-5(9)2-4(3-8)12-6;1-11-7(10)6-5(8)2-4(3-9)12-6/h2H,3H2,1H3;2,9H,3H2,1H3. The number of alkyl halides is 1. The highest BCUT2D eigenvalue weighted by Gasteiger charge is 2.14. The maximum atomic E-state index is 11.1. The summed E-state index contributed by atoms with van der Waals surface area (Å²) in [5, 5.41) is 9.52. The summed E-state index contributed by atoms with van der Waals surface area (Å²) in [6.07, 6.45) is 0. The molecule has 0 saturated heterocycles. The zero-order valence-electron chi connectivity index (χ0n) is 12.6. The van der Waals surface area contributed by atoms with Gasteiger partial charge in [0.25, 0.3) is 0 Å². The molecule has 0 aromatic carbocycles. The lowest BCUT2D eigenvalue weighted by atomic mass is 10.4. The fourth-order valence-corrected chi connectivity index (χ4v) is 5.25. The van der Waals surface area contributed by atoms with Crippen molar-refractivity contribution in [3.8, 4) is 0 Å². The lowest BCUT2D eigenvalue weighted by molar-refractivity contribution is 0.0596. The SMILES string of the molecule is COC(=O)c1sc(CBr)cc1Br.COC(=O)c1sc(CO)cc1Br. The smallest absolute Gasteiger partial charge is 0.349 e. The highest BCUT2D eigenvalue weighted by atomic mass is 79.9. The second-order valence-electron chi connectivity index (χ2n) is 4.05. The van der Waals surface area contributed by atoms with E-state index in [-0.39, 0.29) is 18.5 Å². The zero-order valence-corrected chi connectivity index (χ0v) is 19.0. The number of esters is 2. The van der Waals surface area contributed by atoms with Crippen molar-refractivity contribution < 1.29 is 24.2 Å². The normalized spacial score (nSPS) is 9.92. The first kappa shape index (κ1) is 21.8. The largest absolute Gasteiger partial charge is 0.465 e. The van der Waals surface area contributed by atoms with E-state index in [4.69, 9.17) is 5.11 Å². The molecule has 2 heterocycles. The number of aliphatic hydroxyl groups excluding tert-OH is 1. The Bertz CT molecular complexity index is 651. The van der Waals surface area contributed by atoms with Gasteiger partial charge >= 0.3 is 11.9 Å². The molecule has 2 rings (SSSR count). The molecule has 10 heteroatoms. The van der Waals surface area contributed by atoms with E-state index in [0.717, 1.165) is 19.6 Å². The Morgan fingerprint density at radius 2 is 1.42 bits per heavy atom. The number of hydrogen-bond donors (Lipinski definition) is 1. The van der Waals surface area contributed by atoms with Gasteiger partial charge in [0.1, 0.15) is 9.75 Å². The van der Waals surface area contributed by atoms with Crippen LogP contribution in [0.5, 0.6) is 0 Å². The fraction of sp³-hybridized carbons (Fsp3) is 0.286. The van der Waals surface area contributed by atoms with Crippen LogP contribution in [0.2, 0.25) is 0 Å². The number of ether oxygens (including phenoxy) is 2. The number of rotatable bonds is 4. The molecule has 5 nitrogen and oxygen atoms in total. The average Bonchev–Trinajstić information content (AvgIpc) is 3.16. The lowest BCUT2D eigenvalue weighted by Crippen LogP contribution is -1.97. The maximum Gasteiger partial charge on any atom is 0.349 e. The van der Waals surface area contributed by atoms with E-state index in [9.17, 15) is 9.59 Å². The Morgan fingerprint density at radius 3 is 1.71 bits per heavy atom. The van der Waals surface area contributed by atoms with Crippen LogP contribution in [-0.2, 0) is 21.4 Å². The number of hydrogen-bond acceptors (Lipinski definition) is 7. The quantitative estimate of drug-likeness (QED) is 0.419. The van der Waals surface area contributed by atoms with E-state index in [2.05, 4.69) is 57.3 Å². The molecule has 0 radical (unpaired) electrons. The van der Waals surface area contributed by atoms with Gasteiger partial charge in [-0.15, -0.1) is 22.7 Å². The third-order valence-electron chi connectivity index (χ3n) is 2.50. The van der Waals surface area contributed by atoms with Gasteiger partial charge in [-0.05, 0) is 44.0 Å². The van der Waals surface area contributed by atoms with Gasteiger partial charge in [0.15, 0.2) is 0 Å². The van der Waals surface area contributed by atoms with Crippen LogP contribution in [0.1, 0.15) is 29.1 Å². The molecule has 0 fully saturated rings. The van der Waals surface area contributed by atoms with Crippen molar-refractivity contribution in [2.45, 2.75) is 11.9 Å². The average molecular weight is 565 g/mol. The molecule has 0 bridgehead atoms. The fourth-order valence-electron chi connectivity index (χ4n) is 1.44. The molecule has 132 valence electrons. The summed E-state index contributed by atoms with van der Waals surface area (Å²) in [5.74, 6) is -0.675. The van der Waals surface area contributed by atoms with Crippen LogP contribution in [0.25, 0.3) is 0 Å². The maximum absolute atomic E-state index is 11.1. The minimum Gasteiger partial charge on any atom is -0.465 e. The Labute approximate surface area is 172 Å². The molecular formula is C14H13Br3O5S2. The number of halogens is 3. The highest BCUT2D eigenvalue weighted by Crippen LogP contribution is 2.29. The predicted molar refractivity (Wildman–Crippen MR) is 105 cm³/mol. The molecule has 0 saturated carbocycles. The van der Waals surface area contributed by atoms with Crippen LogP contribution in [0, 0.1) is 0 Å². The monoisotopic (exact) mass is 562 g/mol. The lowest BCUT2D eigenvalue weighted by Gasteiger charge is -1.93. The molecular weight excluding hydrogens is 552 g/mol. The van der Waals surface area contributed by atoms with Crippen molar-refractivity contribution in [3.05, 3.63) is 40.6 Å². The van der Waals surface area contributed by atoms with Gasteiger partial charge in [-0.2, -0.15) is 0 Å². The van der Waals surface area contributed by atoms with Gasteiger partial charge < -0.3 is 14.6 Å². The van der Waals surface area contributed by atoms with Gasteiger partial charge in [0.05, 0.1) is 20.8 Å². The summed E-state index contributed by atoms with van der Waals surface area (Å²) >= 11 is 12.4. The van der Waals surface area contributed by atoms with E-state index in [1.54, 1.807) is 6.07 Å². The summed E-state index contributed by atoms with van der Waals surface area (Å²) < 4.78 is 10.6. The van der Waals surface area contributed by atoms with Crippen molar-refractivity contribution in [1.82, 2.24) is 0 Å². The number of carbonyl (C=O) groups is 2. The van der Waals surface area contributed by atoms with E-state index in [1.807, 2.05) is 6.07 Å². The van der Waals surface area contributed by atoms with Crippen LogP contribution >= 0.6 is 70.5 Å². The molecule has 0 spiro atoms. The number of thiophene rings is 2. The van der Waals surface area contributed by atoms with E-state index in [1.165, 1.54) is 36.9 Å². The molecule has 0 amide bonds. The second kappa shape index (κ2) is 10.7. The van der Waals surface area contributed by atoms with Gasteiger partial charge in [0, 0.05) is 24.0 Å². The van der Waals surface area contributed by atoms with Crippen molar-refractivity contribution >= 4 is 82.4 Å². The Morgan fingerprint density at radius 1 is 1.00 bits per heavy atom. The predicted octanol–water partition coefficient (Wildman–Crippen LogP) is 4.98. The van der Waals surface area contributed by atoms with E-state index >= 15 is 0 Å². The van der Waals surface area contributed by atoms with Crippen molar-refractivity contribution in [1.29, 1.82) is 0 Å². The van der Waals surface area contributed by atoms with Crippen LogP contribution < -0.4 is 0 Å². The summed E-state index contributed by atoms with van der Waals surface area (Å²) in [7, 11) is 2.70. The van der Waals surface area contributed by atoms with E-state index in [0.29, 0.717) is 14.2 Å². The van der Waals surface area contributed by atoms with Gasteiger partial charge in [-0.1, -0.05) is 15.9 Å². The van der Waals surface area contributed by atoms with Crippen molar-refractivity contribution in [3.63, 3.8) is 0 Å². The second-order valence-corrected chi connectivity index (χ2v) is 8.60. The van der Waals surface area contributed by atoms with Crippen LogP contribution in [0.4, 0.5) is 0 Å². The van der Waals surface area contributed by atoms with Crippen molar-refractivity contribution in [2.24, 2.45) is 0 Å². The molecule has 0 aliphatic heterocycles. The minimum absolute atomic E-state index is 0.0553. The summed E-state index contributed by atoms with van der Waals surface area (Å²) in [6, 6.07) is 3.61. The zero-order chi connectivity index (χ0) is 18.3. The molecule has 1 N–H and O–H groups in total. The Kier molecular flexibility index (Phi) is 9.68. The summed E-state index contributed by atoms with van der Waals surface area (Å²) in [5.41, 5.74) is 0. The third kappa shape index (κ3) is 5.92.